The Bertz CT molecular complexity index is 714. The summed E-state index contributed by atoms with van der Waals surface area (Å²) in [6.07, 6.45) is 0.492. The Morgan fingerprint density at radius 2 is 2.04 bits per heavy atom. The molecule has 0 aliphatic carbocycles. The molecule has 2 rings (SSSR count). The Labute approximate surface area is 155 Å². The minimum Gasteiger partial charge on any atom is -0.493 e. The van der Waals surface area contributed by atoms with Crippen molar-refractivity contribution in [2.24, 2.45) is 0 Å². The Morgan fingerprint density at radius 1 is 1.30 bits per heavy atom. The molecule has 1 saturated heterocycles. The van der Waals surface area contributed by atoms with Crippen molar-refractivity contribution in [2.75, 3.05) is 27.2 Å². The Kier molecular flexibility index (Phi) is 6.91. The zero-order chi connectivity index (χ0) is 20.0. The maximum atomic E-state index is 12.3. The molecular formula is C17H21F2N3O5. The van der Waals surface area contributed by atoms with Crippen LogP contribution < -0.4 is 14.8 Å². The van der Waals surface area contributed by atoms with E-state index in [1.54, 1.807) is 7.05 Å². The number of urea groups is 1. The van der Waals surface area contributed by atoms with Crippen LogP contribution in [0.3, 0.4) is 0 Å². The number of nitrogens with zero attached hydrogens (tertiary/aromatic N) is 2. The lowest BCUT2D eigenvalue weighted by atomic mass is 10.2. The summed E-state index contributed by atoms with van der Waals surface area (Å²) >= 11 is 0. The number of imide groups is 1. The van der Waals surface area contributed by atoms with Gasteiger partial charge in [-0.25, -0.2) is 4.79 Å². The number of nitrogens with one attached hydrogen (secondary N) is 1. The molecule has 0 atom stereocenters. The molecule has 1 aromatic carbocycles. The van der Waals surface area contributed by atoms with Gasteiger partial charge in [-0.1, -0.05) is 6.07 Å². The number of hydrogen-bond donors (Lipinski definition) is 1. The van der Waals surface area contributed by atoms with Crippen molar-refractivity contribution in [3.8, 4) is 11.5 Å². The monoisotopic (exact) mass is 385 g/mol. The minimum absolute atomic E-state index is 0.0537. The van der Waals surface area contributed by atoms with Crippen LogP contribution >= 0.6 is 0 Å². The molecule has 148 valence electrons. The molecule has 1 aliphatic rings. The fraction of sp³-hybridized carbons (Fsp3) is 0.471. The maximum Gasteiger partial charge on any atom is 0.387 e. The lowest BCUT2D eigenvalue weighted by Gasteiger charge is -2.14. The Hall–Kier alpha value is -2.91. The highest BCUT2D eigenvalue weighted by atomic mass is 19.3. The molecule has 1 aliphatic heterocycles. The summed E-state index contributed by atoms with van der Waals surface area (Å²) in [5, 5.41) is 2.68. The van der Waals surface area contributed by atoms with Gasteiger partial charge in [0, 0.05) is 26.6 Å². The average molecular weight is 385 g/mol. The summed E-state index contributed by atoms with van der Waals surface area (Å²) < 4.78 is 34.0. The first-order valence-electron chi connectivity index (χ1n) is 8.25. The molecule has 0 spiro atoms. The molecule has 1 aromatic rings. The molecule has 27 heavy (non-hydrogen) atoms. The second kappa shape index (κ2) is 9.15. The molecule has 8 nitrogen and oxygen atoms in total. The maximum absolute atomic E-state index is 12.3. The first-order chi connectivity index (χ1) is 12.8. The number of carbonyl (C=O) groups excluding carboxylic acids is 3. The normalized spacial score (nSPS) is 14.1. The van der Waals surface area contributed by atoms with Gasteiger partial charge in [0.15, 0.2) is 11.5 Å². The van der Waals surface area contributed by atoms with Gasteiger partial charge in [0.25, 0.3) is 0 Å². The number of ether oxygens (including phenoxy) is 2. The number of carbonyl (C=O) groups is 3. The summed E-state index contributed by atoms with van der Waals surface area (Å²) in [6, 6.07) is 4.01. The van der Waals surface area contributed by atoms with Crippen molar-refractivity contribution in [3.05, 3.63) is 23.8 Å². The van der Waals surface area contributed by atoms with E-state index >= 15 is 0 Å². The predicted octanol–water partition coefficient (Wildman–Crippen LogP) is 1.59. The quantitative estimate of drug-likeness (QED) is 0.652. The van der Waals surface area contributed by atoms with Crippen LogP contribution in [0.4, 0.5) is 13.6 Å². The molecular weight excluding hydrogens is 364 g/mol. The molecule has 1 N–H and O–H groups in total. The van der Waals surface area contributed by atoms with E-state index in [0.29, 0.717) is 12.0 Å². The van der Waals surface area contributed by atoms with Crippen LogP contribution in [0, 0.1) is 0 Å². The number of rotatable bonds is 9. The van der Waals surface area contributed by atoms with Gasteiger partial charge in [-0.3, -0.25) is 14.5 Å². The summed E-state index contributed by atoms with van der Waals surface area (Å²) in [4.78, 5) is 37.7. The first-order valence-corrected chi connectivity index (χ1v) is 8.25. The van der Waals surface area contributed by atoms with Gasteiger partial charge in [-0.15, -0.1) is 0 Å². The highest BCUT2D eigenvalue weighted by molar-refractivity contribution is 6.01. The van der Waals surface area contributed by atoms with E-state index in [-0.39, 0.29) is 55.4 Å². The van der Waals surface area contributed by atoms with Gasteiger partial charge in [0.05, 0.1) is 7.11 Å². The first kappa shape index (κ1) is 20.4. The van der Waals surface area contributed by atoms with Crippen molar-refractivity contribution >= 4 is 17.8 Å². The summed E-state index contributed by atoms with van der Waals surface area (Å²) in [6.45, 7) is -2.55. The summed E-state index contributed by atoms with van der Waals surface area (Å²) in [7, 11) is 2.87. The number of halogens is 2. The van der Waals surface area contributed by atoms with Gasteiger partial charge >= 0.3 is 12.6 Å². The zero-order valence-corrected chi connectivity index (χ0v) is 15.0. The fourth-order valence-corrected chi connectivity index (χ4v) is 2.59. The molecule has 10 heteroatoms. The number of likely N-dealkylation sites (N-methyl/N-ethyl adjacent to an activating group) is 1. The largest absolute Gasteiger partial charge is 0.493 e. The molecule has 1 heterocycles. The van der Waals surface area contributed by atoms with Crippen LogP contribution in [-0.2, 0) is 16.1 Å². The lowest BCUT2D eigenvalue weighted by molar-refractivity contribution is -0.126. The number of benzene rings is 1. The Morgan fingerprint density at radius 3 is 2.63 bits per heavy atom. The summed E-state index contributed by atoms with van der Waals surface area (Å²) in [5.74, 6) is -0.486. The van der Waals surface area contributed by atoms with Crippen molar-refractivity contribution < 1.29 is 32.6 Å². The van der Waals surface area contributed by atoms with E-state index in [2.05, 4.69) is 10.1 Å². The van der Waals surface area contributed by atoms with Gasteiger partial charge in [-0.05, 0) is 24.1 Å². The van der Waals surface area contributed by atoms with Crippen molar-refractivity contribution in [1.29, 1.82) is 0 Å². The average Bonchev–Trinajstić information content (AvgIpc) is 2.86. The van der Waals surface area contributed by atoms with E-state index in [4.69, 9.17) is 4.74 Å². The van der Waals surface area contributed by atoms with Crippen molar-refractivity contribution in [3.63, 3.8) is 0 Å². The van der Waals surface area contributed by atoms with E-state index < -0.39 is 6.61 Å². The van der Waals surface area contributed by atoms with Gasteiger partial charge in [0.2, 0.25) is 11.8 Å². The highest BCUT2D eigenvalue weighted by Crippen LogP contribution is 2.29. The minimum atomic E-state index is -2.96. The number of methoxy groups -OCH3 is 1. The molecule has 1 fully saturated rings. The standard InChI is InChI=1S/C17H21F2N3O5/c1-21-10-15(24)22(17(21)25)7-3-4-14(23)20-9-11-5-6-12(27-16(18)19)13(8-11)26-2/h5-6,8,16H,3-4,7,9-10H2,1-2H3,(H,20,23). The van der Waals surface area contributed by atoms with Crippen LogP contribution in [0.2, 0.25) is 0 Å². The van der Waals surface area contributed by atoms with Crippen molar-refractivity contribution in [2.45, 2.75) is 26.0 Å². The van der Waals surface area contributed by atoms with Crippen LogP contribution in [0.1, 0.15) is 18.4 Å². The van der Waals surface area contributed by atoms with Gasteiger partial charge in [-0.2, -0.15) is 8.78 Å². The second-order valence-electron chi connectivity index (χ2n) is 5.93. The Balaban J connectivity index is 1.78. The second-order valence-corrected chi connectivity index (χ2v) is 5.93. The van der Waals surface area contributed by atoms with Gasteiger partial charge in [0.1, 0.15) is 6.54 Å². The smallest absolute Gasteiger partial charge is 0.387 e. The number of hydrogen-bond acceptors (Lipinski definition) is 5. The summed E-state index contributed by atoms with van der Waals surface area (Å²) in [5.41, 5.74) is 0.647. The molecule has 0 bridgehead atoms. The van der Waals surface area contributed by atoms with E-state index in [9.17, 15) is 23.2 Å². The SMILES string of the molecule is COc1cc(CNC(=O)CCCN2C(=O)CN(C)C2=O)ccc1OC(F)F. The molecule has 0 radical (unpaired) electrons. The highest BCUT2D eigenvalue weighted by Gasteiger charge is 2.32. The topological polar surface area (TPSA) is 88.2 Å². The third kappa shape index (κ3) is 5.53. The van der Waals surface area contributed by atoms with Gasteiger partial charge < -0.3 is 19.7 Å². The molecule has 0 saturated carbocycles. The predicted molar refractivity (Wildman–Crippen MR) is 90.4 cm³/mol. The zero-order valence-electron chi connectivity index (χ0n) is 15.0. The molecule has 4 amide bonds. The lowest BCUT2D eigenvalue weighted by Crippen LogP contribution is -2.33. The van der Waals surface area contributed by atoms with Crippen LogP contribution in [0.15, 0.2) is 18.2 Å². The van der Waals surface area contributed by atoms with Crippen LogP contribution in [0.25, 0.3) is 0 Å². The number of alkyl halides is 2. The van der Waals surface area contributed by atoms with Crippen molar-refractivity contribution in [1.82, 2.24) is 15.1 Å². The third-order valence-corrected chi connectivity index (χ3v) is 3.95. The fourth-order valence-electron chi connectivity index (χ4n) is 2.59. The molecule has 0 aromatic heterocycles. The van der Waals surface area contributed by atoms with Crippen LogP contribution in [0.5, 0.6) is 11.5 Å². The van der Waals surface area contributed by atoms with Crippen LogP contribution in [-0.4, -0.2) is 61.5 Å². The number of amides is 4. The van der Waals surface area contributed by atoms with E-state index in [1.165, 1.54) is 30.2 Å². The molecule has 0 unspecified atom stereocenters. The third-order valence-electron chi connectivity index (χ3n) is 3.95. The van der Waals surface area contributed by atoms with E-state index in [1.807, 2.05) is 0 Å². The van der Waals surface area contributed by atoms with E-state index in [0.717, 1.165) is 4.90 Å².